The molecule has 2 saturated heterocycles. The van der Waals surface area contributed by atoms with Crippen molar-refractivity contribution in [2.24, 2.45) is 11.8 Å². The smallest absolute Gasteiger partial charge is 0.375 e. The Morgan fingerprint density at radius 2 is 1.31 bits per heavy atom. The number of hydrogen-bond donors (Lipinski definition) is 2. The van der Waals surface area contributed by atoms with E-state index in [1.165, 1.54) is 0 Å². The molecule has 0 saturated carbocycles. The van der Waals surface area contributed by atoms with Crippen LogP contribution in [0.2, 0.25) is 0 Å². The fourth-order valence-electron chi connectivity index (χ4n) is 6.12. The molecule has 0 radical (unpaired) electrons. The van der Waals surface area contributed by atoms with E-state index in [0.717, 1.165) is 16.7 Å². The van der Waals surface area contributed by atoms with Crippen LogP contribution in [0.15, 0.2) is 54.6 Å². The van der Waals surface area contributed by atoms with Crippen molar-refractivity contribution in [3.63, 3.8) is 0 Å². The van der Waals surface area contributed by atoms with Crippen molar-refractivity contribution in [1.29, 1.82) is 0 Å². The van der Waals surface area contributed by atoms with Gasteiger partial charge in [-0.1, -0.05) is 75.4 Å². The number of piperidine rings is 2. The van der Waals surface area contributed by atoms with E-state index in [2.05, 4.69) is 10.6 Å². The predicted octanol–water partition coefficient (Wildman–Crippen LogP) is 4.38. The summed E-state index contributed by atoms with van der Waals surface area (Å²) in [6.07, 6.45) is 3.41. The molecule has 2 fully saturated rings. The molecule has 0 aromatic heterocycles. The number of carbonyl (C=O) groups is 4. The van der Waals surface area contributed by atoms with E-state index >= 15 is 0 Å². The van der Waals surface area contributed by atoms with Crippen LogP contribution in [0, 0.1) is 11.8 Å². The van der Waals surface area contributed by atoms with E-state index in [0.29, 0.717) is 64.7 Å². The molecule has 2 aromatic rings. The fourth-order valence-corrected chi connectivity index (χ4v) is 6.12. The molecule has 8 heteroatoms. The van der Waals surface area contributed by atoms with Crippen LogP contribution >= 0.6 is 0 Å². The Balaban J connectivity index is 1.47. The standard InChI is InChI=1S/C34H44N2O6/c1-4-25(3)30(38)32(40)42-34(16-20-36-21-17-34)28-13-9-8-10-26(28)22-24(2)23-29(37)31(39)41-33(14-18-35-19-15-33)27-11-6-5-7-12-27/h5-13,24-25,35-36H,4,14-23H2,1-3H3. The topological polar surface area (TPSA) is 111 Å². The fraction of sp³-hybridized carbons (Fsp3) is 0.529. The Labute approximate surface area is 248 Å². The lowest BCUT2D eigenvalue weighted by Crippen LogP contribution is -2.45. The SMILES string of the molecule is CCC(C)C(=O)C(=O)OC1(c2ccccc2CC(C)CC(=O)C(=O)OC2(c3ccccc3)CCNCC2)CCNCC1. The molecular formula is C34H44N2O6. The predicted molar refractivity (Wildman–Crippen MR) is 160 cm³/mol. The molecule has 2 aliphatic rings. The highest BCUT2D eigenvalue weighted by molar-refractivity contribution is 6.34. The summed E-state index contributed by atoms with van der Waals surface area (Å²) in [6, 6.07) is 17.4. The quantitative estimate of drug-likeness (QED) is 0.283. The third kappa shape index (κ3) is 7.34. The number of rotatable bonds is 12. The molecule has 2 aliphatic heterocycles. The number of ether oxygens (including phenoxy) is 2. The van der Waals surface area contributed by atoms with Gasteiger partial charge in [-0.25, -0.2) is 9.59 Å². The van der Waals surface area contributed by atoms with E-state index in [9.17, 15) is 19.2 Å². The Kier molecular flexibility index (Phi) is 10.7. The van der Waals surface area contributed by atoms with Crippen molar-refractivity contribution >= 4 is 23.5 Å². The van der Waals surface area contributed by atoms with E-state index in [-0.39, 0.29) is 12.3 Å². The van der Waals surface area contributed by atoms with E-state index in [1.807, 2.05) is 68.4 Å². The number of Topliss-reactive ketones (excluding diaryl/α,β-unsaturated/α-hetero) is 2. The van der Waals surface area contributed by atoms with Gasteiger partial charge in [0.2, 0.25) is 11.6 Å². The van der Waals surface area contributed by atoms with Gasteiger partial charge < -0.3 is 20.1 Å². The number of hydrogen-bond acceptors (Lipinski definition) is 8. The van der Waals surface area contributed by atoms with Gasteiger partial charge >= 0.3 is 11.9 Å². The molecule has 2 heterocycles. The summed E-state index contributed by atoms with van der Waals surface area (Å²) in [7, 11) is 0. The normalized spacial score (nSPS) is 19.2. The summed E-state index contributed by atoms with van der Waals surface area (Å²) in [6.45, 7) is 8.26. The van der Waals surface area contributed by atoms with Crippen LogP contribution in [0.25, 0.3) is 0 Å². The highest BCUT2D eigenvalue weighted by Crippen LogP contribution is 2.39. The van der Waals surface area contributed by atoms with E-state index in [4.69, 9.17) is 9.47 Å². The first kappa shape index (κ1) is 31.6. The Morgan fingerprint density at radius 3 is 1.93 bits per heavy atom. The zero-order valence-electron chi connectivity index (χ0n) is 25.1. The second-order valence-electron chi connectivity index (χ2n) is 11.9. The Bertz CT molecular complexity index is 1250. The van der Waals surface area contributed by atoms with Crippen LogP contribution in [-0.4, -0.2) is 49.7 Å². The second-order valence-corrected chi connectivity index (χ2v) is 11.9. The summed E-state index contributed by atoms with van der Waals surface area (Å²) >= 11 is 0. The second kappa shape index (κ2) is 14.2. The molecule has 0 amide bonds. The van der Waals surface area contributed by atoms with Crippen molar-refractivity contribution < 1.29 is 28.7 Å². The molecule has 0 bridgehead atoms. The third-order valence-corrected chi connectivity index (χ3v) is 8.80. The molecule has 42 heavy (non-hydrogen) atoms. The largest absolute Gasteiger partial charge is 0.448 e. The first-order chi connectivity index (χ1) is 20.2. The van der Waals surface area contributed by atoms with Crippen LogP contribution in [0.5, 0.6) is 0 Å². The minimum atomic E-state index is -0.929. The first-order valence-corrected chi connectivity index (χ1v) is 15.3. The zero-order chi connectivity index (χ0) is 30.2. The molecule has 8 nitrogen and oxygen atoms in total. The summed E-state index contributed by atoms with van der Waals surface area (Å²) in [4.78, 5) is 51.9. The number of carbonyl (C=O) groups excluding carboxylic acids is 4. The lowest BCUT2D eigenvalue weighted by molar-refractivity contribution is -0.171. The van der Waals surface area contributed by atoms with Gasteiger partial charge in [0.15, 0.2) is 0 Å². The molecule has 2 unspecified atom stereocenters. The van der Waals surface area contributed by atoms with E-state index < -0.39 is 40.6 Å². The van der Waals surface area contributed by atoms with Gasteiger partial charge in [-0.3, -0.25) is 9.59 Å². The average Bonchev–Trinajstić information content (AvgIpc) is 3.01. The maximum Gasteiger partial charge on any atom is 0.375 e. The Hall–Kier alpha value is -3.36. The molecule has 0 aliphatic carbocycles. The van der Waals surface area contributed by atoms with Gasteiger partial charge in [0.1, 0.15) is 11.2 Å². The van der Waals surface area contributed by atoms with Crippen molar-refractivity contribution in [3.05, 3.63) is 71.3 Å². The summed E-state index contributed by atoms with van der Waals surface area (Å²) in [5, 5.41) is 6.62. The van der Waals surface area contributed by atoms with E-state index in [1.54, 1.807) is 6.92 Å². The van der Waals surface area contributed by atoms with Gasteiger partial charge in [-0.2, -0.15) is 0 Å². The van der Waals surface area contributed by atoms with Gasteiger partial charge in [0, 0.05) is 38.0 Å². The highest BCUT2D eigenvalue weighted by atomic mass is 16.6. The molecule has 226 valence electrons. The van der Waals surface area contributed by atoms with Gasteiger partial charge in [0.05, 0.1) is 0 Å². The third-order valence-electron chi connectivity index (χ3n) is 8.80. The maximum atomic E-state index is 13.1. The lowest BCUT2D eigenvalue weighted by Gasteiger charge is -2.39. The average molecular weight is 577 g/mol. The minimum Gasteiger partial charge on any atom is -0.448 e. The number of esters is 2. The molecule has 2 aromatic carbocycles. The van der Waals surface area contributed by atoms with Crippen LogP contribution in [-0.2, 0) is 46.3 Å². The van der Waals surface area contributed by atoms with Crippen LogP contribution in [0.3, 0.4) is 0 Å². The van der Waals surface area contributed by atoms with Gasteiger partial charge in [-0.15, -0.1) is 0 Å². The molecule has 0 spiro atoms. The number of nitrogens with one attached hydrogen (secondary N) is 2. The van der Waals surface area contributed by atoms with Crippen molar-refractivity contribution in [1.82, 2.24) is 10.6 Å². The van der Waals surface area contributed by atoms with Gasteiger partial charge in [-0.05, 0) is 61.6 Å². The maximum absolute atomic E-state index is 13.1. The molecular weight excluding hydrogens is 532 g/mol. The highest BCUT2D eigenvalue weighted by Gasteiger charge is 2.42. The Morgan fingerprint density at radius 1 is 0.762 bits per heavy atom. The van der Waals surface area contributed by atoms with Crippen molar-refractivity contribution in [2.45, 2.75) is 76.9 Å². The lowest BCUT2D eigenvalue weighted by atomic mass is 9.80. The summed E-state index contributed by atoms with van der Waals surface area (Å²) in [5.74, 6) is -3.21. The van der Waals surface area contributed by atoms with Crippen molar-refractivity contribution in [3.8, 4) is 0 Å². The van der Waals surface area contributed by atoms with Crippen LogP contribution in [0.4, 0.5) is 0 Å². The summed E-state index contributed by atoms with van der Waals surface area (Å²) < 4.78 is 12.0. The number of benzene rings is 2. The summed E-state index contributed by atoms with van der Waals surface area (Å²) in [5.41, 5.74) is 0.963. The van der Waals surface area contributed by atoms with Crippen molar-refractivity contribution in [2.75, 3.05) is 26.2 Å². The first-order valence-electron chi connectivity index (χ1n) is 15.3. The minimum absolute atomic E-state index is 0.0388. The monoisotopic (exact) mass is 576 g/mol. The van der Waals surface area contributed by atoms with Crippen LogP contribution < -0.4 is 10.6 Å². The zero-order valence-corrected chi connectivity index (χ0v) is 25.1. The molecule has 2 N–H and O–H groups in total. The molecule has 2 atom stereocenters. The number of ketones is 2. The van der Waals surface area contributed by atoms with Crippen LogP contribution in [0.1, 0.15) is 76.0 Å². The van der Waals surface area contributed by atoms with Gasteiger partial charge in [0.25, 0.3) is 0 Å². The molecule has 4 rings (SSSR count).